The summed E-state index contributed by atoms with van der Waals surface area (Å²) in [6.45, 7) is 1.00. The number of rotatable bonds is 3. The maximum absolute atomic E-state index is 11.8. The molecule has 1 saturated heterocycles. The third kappa shape index (κ3) is 2.65. The van der Waals surface area contributed by atoms with Crippen LogP contribution in [0.25, 0.3) is 11.2 Å². The fraction of sp³-hybridized carbons (Fsp3) is 0.500. The Labute approximate surface area is 128 Å². The number of aliphatic hydroxyl groups excluding tert-OH is 2. The van der Waals surface area contributed by atoms with Crippen LogP contribution in [0.4, 0.5) is 5.95 Å². The van der Waals surface area contributed by atoms with Crippen LogP contribution in [0.1, 0.15) is 13.2 Å². The number of nitrogen functional groups attached to an aromatic ring is 1. The molecule has 3 rings (SSSR count). The van der Waals surface area contributed by atoms with Gasteiger partial charge in [-0.15, -0.1) is 0 Å². The van der Waals surface area contributed by atoms with Crippen LogP contribution in [0, 0.1) is 0 Å². The lowest BCUT2D eigenvalue weighted by atomic mass is 10.1. The number of anilines is 1. The second kappa shape index (κ2) is 5.61. The number of esters is 1. The zero-order valence-corrected chi connectivity index (χ0v) is 12.0. The van der Waals surface area contributed by atoms with Crippen molar-refractivity contribution in [1.29, 1.82) is 0 Å². The monoisotopic (exact) mass is 325 g/mol. The van der Waals surface area contributed by atoms with Gasteiger partial charge in [-0.3, -0.25) is 19.1 Å². The predicted molar refractivity (Wildman–Crippen MR) is 75.1 cm³/mol. The Hall–Kier alpha value is -2.50. The highest BCUT2D eigenvalue weighted by Crippen LogP contribution is 2.31. The van der Waals surface area contributed by atoms with Gasteiger partial charge in [0.05, 0.1) is 6.33 Å². The summed E-state index contributed by atoms with van der Waals surface area (Å²) in [5.74, 6) is -0.651. The molecule has 5 N–H and O–H groups in total. The topological polar surface area (TPSA) is 166 Å². The first-order chi connectivity index (χ1) is 10.9. The molecule has 2 aromatic heterocycles. The number of carbonyl (C=O) groups is 1. The van der Waals surface area contributed by atoms with E-state index in [0.717, 1.165) is 0 Å². The van der Waals surface area contributed by atoms with Gasteiger partial charge < -0.3 is 25.4 Å². The number of H-pyrrole nitrogens is 1. The van der Waals surface area contributed by atoms with Crippen LogP contribution >= 0.6 is 0 Å². The fourth-order valence-electron chi connectivity index (χ4n) is 2.43. The SMILES string of the molecule is CC(=O)OC[C@@H]1O[C@@H](n2cnc3c(=O)[nH]c(N)nc32)[C@@H](O)[C@H]1O. The number of imidazole rings is 1. The largest absolute Gasteiger partial charge is 0.463 e. The number of hydrogen-bond donors (Lipinski definition) is 4. The number of nitrogens with two attached hydrogens (primary N) is 1. The maximum atomic E-state index is 11.8. The third-order valence-corrected chi connectivity index (χ3v) is 3.51. The lowest BCUT2D eigenvalue weighted by molar-refractivity contribution is -0.147. The number of carbonyl (C=O) groups excluding carboxylic acids is 1. The summed E-state index contributed by atoms with van der Waals surface area (Å²) < 4.78 is 11.6. The van der Waals surface area contributed by atoms with Gasteiger partial charge in [0.2, 0.25) is 5.95 Å². The van der Waals surface area contributed by atoms with Crippen LogP contribution in [0.3, 0.4) is 0 Å². The Balaban J connectivity index is 1.93. The second-order valence-electron chi connectivity index (χ2n) is 5.12. The summed E-state index contributed by atoms with van der Waals surface area (Å²) in [5, 5.41) is 20.2. The average Bonchev–Trinajstić information content (AvgIpc) is 3.00. The standard InChI is InChI=1S/C12H15N5O6/c1-4(18)22-2-5-7(19)8(20)11(23-5)17-3-14-6-9(17)15-12(13)16-10(6)21/h3,5,7-8,11,19-20H,2H2,1H3,(H3,13,15,16,21)/t5-,7-,8-,11+/m0/s1. The summed E-state index contributed by atoms with van der Waals surface area (Å²) >= 11 is 0. The summed E-state index contributed by atoms with van der Waals surface area (Å²) in [6.07, 6.45) is -3.33. The van der Waals surface area contributed by atoms with Gasteiger partial charge >= 0.3 is 5.97 Å². The molecule has 1 fully saturated rings. The molecule has 23 heavy (non-hydrogen) atoms. The normalized spacial score (nSPS) is 27.4. The van der Waals surface area contributed by atoms with E-state index in [1.54, 1.807) is 0 Å². The molecular formula is C12H15N5O6. The highest BCUT2D eigenvalue weighted by Gasteiger charge is 2.44. The Morgan fingerprint density at radius 2 is 2.26 bits per heavy atom. The zero-order chi connectivity index (χ0) is 16.7. The average molecular weight is 325 g/mol. The van der Waals surface area contributed by atoms with Gasteiger partial charge in [0, 0.05) is 6.92 Å². The molecule has 11 nitrogen and oxygen atoms in total. The number of aliphatic hydroxyl groups is 2. The van der Waals surface area contributed by atoms with E-state index in [9.17, 15) is 19.8 Å². The Morgan fingerprint density at radius 1 is 1.52 bits per heavy atom. The van der Waals surface area contributed by atoms with E-state index in [0.29, 0.717) is 0 Å². The van der Waals surface area contributed by atoms with Crippen molar-refractivity contribution in [3.05, 3.63) is 16.7 Å². The molecule has 0 aliphatic carbocycles. The van der Waals surface area contributed by atoms with Crippen LogP contribution in [-0.4, -0.2) is 60.6 Å². The van der Waals surface area contributed by atoms with Crippen molar-refractivity contribution in [2.24, 2.45) is 0 Å². The van der Waals surface area contributed by atoms with Crippen LogP contribution in [0.15, 0.2) is 11.1 Å². The van der Waals surface area contributed by atoms with E-state index in [1.165, 1.54) is 17.8 Å². The minimum Gasteiger partial charge on any atom is -0.463 e. The van der Waals surface area contributed by atoms with Crippen molar-refractivity contribution in [2.75, 3.05) is 12.3 Å². The van der Waals surface area contributed by atoms with Crippen LogP contribution in [-0.2, 0) is 14.3 Å². The molecule has 0 aromatic carbocycles. The summed E-state index contributed by atoms with van der Waals surface area (Å²) in [4.78, 5) is 32.8. The molecule has 0 saturated carbocycles. The Bertz CT molecular complexity index is 801. The Morgan fingerprint density at radius 3 is 2.96 bits per heavy atom. The van der Waals surface area contributed by atoms with Crippen molar-refractivity contribution in [1.82, 2.24) is 19.5 Å². The summed E-state index contributed by atoms with van der Waals surface area (Å²) in [5.41, 5.74) is 5.10. The van der Waals surface area contributed by atoms with Crippen molar-refractivity contribution in [2.45, 2.75) is 31.5 Å². The molecule has 0 spiro atoms. The summed E-state index contributed by atoms with van der Waals surface area (Å²) in [7, 11) is 0. The van der Waals surface area contributed by atoms with Crippen molar-refractivity contribution >= 4 is 23.1 Å². The third-order valence-electron chi connectivity index (χ3n) is 3.51. The molecule has 1 aliphatic heterocycles. The van der Waals surface area contributed by atoms with Gasteiger partial charge in [0.15, 0.2) is 17.4 Å². The van der Waals surface area contributed by atoms with E-state index >= 15 is 0 Å². The van der Waals surface area contributed by atoms with Gasteiger partial charge in [0.1, 0.15) is 24.9 Å². The first kappa shape index (κ1) is 15.4. The van der Waals surface area contributed by atoms with Gasteiger partial charge in [-0.05, 0) is 0 Å². The quantitative estimate of drug-likeness (QED) is 0.462. The number of hydrogen-bond acceptors (Lipinski definition) is 9. The van der Waals surface area contributed by atoms with Gasteiger partial charge in [-0.25, -0.2) is 4.98 Å². The molecule has 3 heterocycles. The lowest BCUT2D eigenvalue weighted by Gasteiger charge is -2.16. The molecule has 1 aliphatic rings. The van der Waals surface area contributed by atoms with Crippen molar-refractivity contribution in [3.8, 4) is 0 Å². The van der Waals surface area contributed by atoms with Crippen LogP contribution < -0.4 is 11.3 Å². The second-order valence-corrected chi connectivity index (χ2v) is 5.12. The minimum absolute atomic E-state index is 0.0212. The highest BCUT2D eigenvalue weighted by molar-refractivity contribution is 5.70. The van der Waals surface area contributed by atoms with Crippen LogP contribution in [0.2, 0.25) is 0 Å². The molecule has 4 atom stereocenters. The van der Waals surface area contributed by atoms with E-state index in [2.05, 4.69) is 15.0 Å². The molecule has 0 radical (unpaired) electrons. The molecule has 0 unspecified atom stereocenters. The molecule has 11 heteroatoms. The lowest BCUT2D eigenvalue weighted by Crippen LogP contribution is -2.34. The van der Waals surface area contributed by atoms with E-state index in [-0.39, 0.29) is 23.7 Å². The fourth-order valence-corrected chi connectivity index (χ4v) is 2.43. The van der Waals surface area contributed by atoms with Crippen molar-refractivity contribution in [3.63, 3.8) is 0 Å². The molecule has 124 valence electrons. The number of nitrogens with zero attached hydrogens (tertiary/aromatic N) is 3. The number of nitrogens with one attached hydrogen (secondary N) is 1. The van der Waals surface area contributed by atoms with E-state index in [4.69, 9.17) is 15.2 Å². The van der Waals surface area contributed by atoms with Crippen LogP contribution in [0.5, 0.6) is 0 Å². The molecular weight excluding hydrogens is 310 g/mol. The molecule has 0 amide bonds. The Kier molecular flexibility index (Phi) is 3.75. The smallest absolute Gasteiger partial charge is 0.302 e. The van der Waals surface area contributed by atoms with E-state index in [1.807, 2.05) is 0 Å². The summed E-state index contributed by atoms with van der Waals surface area (Å²) in [6, 6.07) is 0. The van der Waals surface area contributed by atoms with Gasteiger partial charge in [0.25, 0.3) is 5.56 Å². The minimum atomic E-state index is -1.32. The number of ether oxygens (including phenoxy) is 2. The highest BCUT2D eigenvalue weighted by atomic mass is 16.6. The first-order valence-electron chi connectivity index (χ1n) is 6.75. The number of aromatic nitrogens is 4. The molecule has 0 bridgehead atoms. The van der Waals surface area contributed by atoms with Crippen molar-refractivity contribution < 1.29 is 24.5 Å². The number of fused-ring (bicyclic) bond motifs is 1. The number of aromatic amines is 1. The maximum Gasteiger partial charge on any atom is 0.302 e. The molecule has 2 aromatic rings. The zero-order valence-electron chi connectivity index (χ0n) is 12.0. The first-order valence-corrected chi connectivity index (χ1v) is 6.75. The van der Waals surface area contributed by atoms with Gasteiger partial charge in [-0.1, -0.05) is 0 Å². The van der Waals surface area contributed by atoms with Gasteiger partial charge in [-0.2, -0.15) is 4.98 Å². The predicted octanol–water partition coefficient (Wildman–Crippen LogP) is -2.12. The van der Waals surface area contributed by atoms with E-state index < -0.39 is 36.1 Å².